The van der Waals surface area contributed by atoms with Gasteiger partial charge in [-0.1, -0.05) is 48.5 Å². The Morgan fingerprint density at radius 3 is 2.73 bits per heavy atom. The van der Waals surface area contributed by atoms with Gasteiger partial charge in [-0.25, -0.2) is 0 Å². The molecule has 4 nitrogen and oxygen atoms in total. The molecular formula is C26H25N3O. The van der Waals surface area contributed by atoms with E-state index in [0.717, 1.165) is 52.8 Å². The molecule has 1 atom stereocenters. The molecule has 5 rings (SSSR count). The highest BCUT2D eigenvalue weighted by Crippen LogP contribution is 2.34. The second-order valence-corrected chi connectivity index (χ2v) is 8.07. The number of H-pyrrole nitrogens is 1. The second kappa shape index (κ2) is 7.79. The lowest BCUT2D eigenvalue weighted by molar-refractivity contribution is -0.131. The van der Waals surface area contributed by atoms with E-state index in [1.54, 1.807) is 0 Å². The Balaban J connectivity index is 1.42. The van der Waals surface area contributed by atoms with Crippen LogP contribution in [0.1, 0.15) is 35.8 Å². The summed E-state index contributed by atoms with van der Waals surface area (Å²) in [6, 6.07) is 22.8. The number of pyridine rings is 1. The van der Waals surface area contributed by atoms with Crippen LogP contribution in [-0.2, 0) is 11.2 Å². The van der Waals surface area contributed by atoms with Crippen molar-refractivity contribution >= 4 is 16.8 Å². The van der Waals surface area contributed by atoms with Crippen molar-refractivity contribution < 1.29 is 4.79 Å². The average Bonchev–Trinajstić information content (AvgIpc) is 3.42. The highest BCUT2D eigenvalue weighted by molar-refractivity contribution is 5.89. The summed E-state index contributed by atoms with van der Waals surface area (Å²) >= 11 is 0. The predicted octanol–water partition coefficient (Wildman–Crippen LogP) is 5.44. The number of nitrogens with zero attached hydrogens (tertiary/aromatic N) is 2. The molecule has 0 bridgehead atoms. The Kier molecular flexibility index (Phi) is 4.83. The number of hydrogen-bond donors (Lipinski definition) is 1. The molecule has 1 N–H and O–H groups in total. The van der Waals surface area contributed by atoms with Crippen molar-refractivity contribution in [2.75, 3.05) is 6.54 Å². The van der Waals surface area contributed by atoms with Crippen LogP contribution in [0.3, 0.4) is 0 Å². The van der Waals surface area contributed by atoms with Gasteiger partial charge in [-0.2, -0.15) is 0 Å². The summed E-state index contributed by atoms with van der Waals surface area (Å²) in [5.41, 5.74) is 6.46. The topological polar surface area (TPSA) is 49.0 Å². The van der Waals surface area contributed by atoms with Crippen LogP contribution in [0.25, 0.3) is 22.0 Å². The molecule has 30 heavy (non-hydrogen) atoms. The average molecular weight is 396 g/mol. The first-order valence-corrected chi connectivity index (χ1v) is 10.6. The van der Waals surface area contributed by atoms with E-state index in [1.165, 1.54) is 5.56 Å². The van der Waals surface area contributed by atoms with Gasteiger partial charge in [0.25, 0.3) is 0 Å². The zero-order valence-corrected chi connectivity index (χ0v) is 17.1. The molecule has 0 saturated carbocycles. The number of likely N-dealkylation sites (tertiary alicyclic amines) is 1. The fourth-order valence-electron chi connectivity index (χ4n) is 4.58. The van der Waals surface area contributed by atoms with Crippen molar-refractivity contribution in [2.45, 2.75) is 32.2 Å². The number of aromatic amines is 1. The highest BCUT2D eigenvalue weighted by atomic mass is 16.2. The van der Waals surface area contributed by atoms with E-state index in [2.05, 4.69) is 47.4 Å². The zero-order chi connectivity index (χ0) is 20.5. The molecule has 1 aliphatic rings. The van der Waals surface area contributed by atoms with Gasteiger partial charge in [0.2, 0.25) is 5.91 Å². The van der Waals surface area contributed by atoms with E-state index in [1.807, 2.05) is 42.3 Å². The number of rotatable bonds is 4. The first-order valence-electron chi connectivity index (χ1n) is 10.6. The molecule has 1 aliphatic heterocycles. The third-order valence-corrected chi connectivity index (χ3v) is 6.01. The van der Waals surface area contributed by atoms with Gasteiger partial charge in [0, 0.05) is 29.3 Å². The lowest BCUT2D eigenvalue weighted by Gasteiger charge is -2.25. The molecule has 3 heterocycles. The maximum Gasteiger partial charge on any atom is 0.227 e. The minimum atomic E-state index is 0.0464. The molecule has 1 saturated heterocycles. The number of amides is 1. The molecule has 2 aromatic heterocycles. The SMILES string of the molecule is Cc1cc(-c2ccccc2)cc([C@H]2CCCN2C(=O)Cc2c[nH]c3ccccc23)n1. The van der Waals surface area contributed by atoms with Crippen molar-refractivity contribution in [3.63, 3.8) is 0 Å². The number of carbonyl (C=O) groups excluding carboxylic acids is 1. The summed E-state index contributed by atoms with van der Waals surface area (Å²) in [4.78, 5) is 23.4. The molecule has 0 aliphatic carbocycles. The summed E-state index contributed by atoms with van der Waals surface area (Å²) in [6.07, 6.45) is 4.36. The summed E-state index contributed by atoms with van der Waals surface area (Å²) in [5, 5.41) is 1.13. The Labute approximate surface area is 176 Å². The predicted molar refractivity (Wildman–Crippen MR) is 120 cm³/mol. The third kappa shape index (κ3) is 3.50. The Morgan fingerprint density at radius 1 is 1.07 bits per heavy atom. The van der Waals surface area contributed by atoms with Gasteiger partial charge in [0.05, 0.1) is 18.2 Å². The fourth-order valence-corrected chi connectivity index (χ4v) is 4.58. The van der Waals surface area contributed by atoms with Gasteiger partial charge >= 0.3 is 0 Å². The number of fused-ring (bicyclic) bond motifs is 1. The molecule has 2 aromatic carbocycles. The van der Waals surface area contributed by atoms with Gasteiger partial charge in [-0.05, 0) is 54.7 Å². The number of nitrogens with one attached hydrogen (secondary N) is 1. The minimum absolute atomic E-state index is 0.0464. The number of hydrogen-bond acceptors (Lipinski definition) is 2. The Bertz CT molecular complexity index is 1200. The number of para-hydroxylation sites is 1. The quantitative estimate of drug-likeness (QED) is 0.500. The van der Waals surface area contributed by atoms with Gasteiger partial charge < -0.3 is 9.88 Å². The summed E-state index contributed by atoms with van der Waals surface area (Å²) < 4.78 is 0. The Morgan fingerprint density at radius 2 is 1.87 bits per heavy atom. The molecule has 1 fully saturated rings. The van der Waals surface area contributed by atoms with E-state index in [0.29, 0.717) is 6.42 Å². The van der Waals surface area contributed by atoms with Crippen molar-refractivity contribution in [3.8, 4) is 11.1 Å². The van der Waals surface area contributed by atoms with Gasteiger partial charge in [0.1, 0.15) is 0 Å². The van der Waals surface area contributed by atoms with Gasteiger partial charge in [-0.15, -0.1) is 0 Å². The second-order valence-electron chi connectivity index (χ2n) is 8.07. The van der Waals surface area contributed by atoms with Crippen LogP contribution in [0.5, 0.6) is 0 Å². The summed E-state index contributed by atoms with van der Waals surface area (Å²) in [6.45, 7) is 2.82. The smallest absolute Gasteiger partial charge is 0.227 e. The normalized spacial score (nSPS) is 16.3. The summed E-state index contributed by atoms with van der Waals surface area (Å²) in [5.74, 6) is 0.173. The zero-order valence-electron chi connectivity index (χ0n) is 17.1. The van der Waals surface area contributed by atoms with Crippen molar-refractivity contribution in [1.82, 2.24) is 14.9 Å². The molecule has 4 aromatic rings. The highest BCUT2D eigenvalue weighted by Gasteiger charge is 2.31. The van der Waals surface area contributed by atoms with Crippen molar-refractivity contribution in [2.24, 2.45) is 0 Å². The molecule has 0 radical (unpaired) electrons. The van der Waals surface area contributed by atoms with Crippen molar-refractivity contribution in [3.05, 3.63) is 89.9 Å². The molecule has 4 heteroatoms. The van der Waals surface area contributed by atoms with Crippen LogP contribution in [0.15, 0.2) is 72.9 Å². The van der Waals surface area contributed by atoms with E-state index < -0.39 is 0 Å². The van der Waals surface area contributed by atoms with E-state index in [4.69, 9.17) is 4.98 Å². The molecule has 0 spiro atoms. The third-order valence-electron chi connectivity index (χ3n) is 6.01. The molecule has 0 unspecified atom stereocenters. The number of benzene rings is 2. The largest absolute Gasteiger partial charge is 0.361 e. The molecule has 1 amide bonds. The van der Waals surface area contributed by atoms with Crippen LogP contribution in [0.4, 0.5) is 0 Å². The van der Waals surface area contributed by atoms with E-state index in [-0.39, 0.29) is 11.9 Å². The lowest BCUT2D eigenvalue weighted by atomic mass is 10.0. The maximum absolute atomic E-state index is 13.3. The number of aromatic nitrogens is 2. The summed E-state index contributed by atoms with van der Waals surface area (Å²) in [7, 11) is 0. The Hall–Kier alpha value is -3.40. The van der Waals surface area contributed by atoms with E-state index in [9.17, 15) is 4.79 Å². The minimum Gasteiger partial charge on any atom is -0.361 e. The first-order chi connectivity index (χ1) is 14.7. The van der Waals surface area contributed by atoms with Gasteiger partial charge in [-0.3, -0.25) is 9.78 Å². The fraction of sp³-hybridized carbons (Fsp3) is 0.231. The van der Waals surface area contributed by atoms with Crippen LogP contribution in [0, 0.1) is 6.92 Å². The monoisotopic (exact) mass is 395 g/mol. The van der Waals surface area contributed by atoms with Crippen LogP contribution >= 0.6 is 0 Å². The maximum atomic E-state index is 13.3. The standard InChI is InChI=1S/C26H25N3O/c1-18-14-20(19-8-3-2-4-9-19)15-24(28-18)25-12-7-13-29(25)26(30)16-21-17-27-23-11-6-5-10-22(21)23/h2-6,8-11,14-15,17,25,27H,7,12-13,16H2,1H3/t25-/m1/s1. The van der Waals surface area contributed by atoms with Crippen LogP contribution < -0.4 is 0 Å². The number of carbonyl (C=O) groups is 1. The molecular weight excluding hydrogens is 370 g/mol. The van der Waals surface area contributed by atoms with Crippen molar-refractivity contribution in [1.29, 1.82) is 0 Å². The van der Waals surface area contributed by atoms with Crippen LogP contribution in [0.2, 0.25) is 0 Å². The lowest BCUT2D eigenvalue weighted by Crippen LogP contribution is -2.32. The molecule has 150 valence electrons. The first kappa shape index (κ1) is 18.6. The van der Waals surface area contributed by atoms with Crippen LogP contribution in [-0.4, -0.2) is 27.3 Å². The number of aryl methyl sites for hydroxylation is 1. The van der Waals surface area contributed by atoms with Gasteiger partial charge in [0.15, 0.2) is 0 Å². The van der Waals surface area contributed by atoms with E-state index >= 15 is 0 Å².